The molecular weight excluding hydrogens is 757 g/mol. The topological polar surface area (TPSA) is 60.8 Å². The number of ether oxygens (including phenoxy) is 1. The number of para-hydroxylation sites is 2. The Morgan fingerprint density at radius 2 is 0.742 bits per heavy atom. The van der Waals surface area contributed by atoms with E-state index in [1.807, 2.05) is 66.7 Å². The van der Waals surface area contributed by atoms with Gasteiger partial charge in [0, 0.05) is 44.5 Å². The monoisotopic (exact) mass is 792 g/mol. The Balaban J connectivity index is 1.00. The highest BCUT2D eigenvalue weighted by molar-refractivity contribution is 5.90. The molecule has 0 amide bonds. The second-order valence-electron chi connectivity index (χ2n) is 15.7. The first-order chi connectivity index (χ1) is 30.7. The number of rotatable bonds is 6. The summed E-state index contributed by atoms with van der Waals surface area (Å²) in [6.45, 7) is 0. The van der Waals surface area contributed by atoms with E-state index in [4.69, 9.17) is 24.7 Å². The van der Waals surface area contributed by atoms with Crippen LogP contribution in [0.15, 0.2) is 218 Å². The number of hydrogen-bond acceptors (Lipinski definition) is 5. The minimum Gasteiger partial charge on any atom is -0.457 e. The third kappa shape index (κ3) is 5.70. The number of hydrogen-bond donors (Lipinski definition) is 0. The first-order valence-electron chi connectivity index (χ1n) is 20.9. The molecule has 5 heteroatoms. The molecule has 0 unspecified atom stereocenters. The van der Waals surface area contributed by atoms with Crippen molar-refractivity contribution in [3.05, 3.63) is 241 Å². The predicted octanol–water partition coefficient (Wildman–Crippen LogP) is 13.7. The molecule has 1 aliphatic carbocycles. The highest BCUT2D eigenvalue weighted by atomic mass is 16.5. The van der Waals surface area contributed by atoms with Crippen LogP contribution in [0.5, 0.6) is 11.5 Å². The molecule has 10 aromatic rings. The van der Waals surface area contributed by atoms with Crippen molar-refractivity contribution in [2.24, 2.45) is 0 Å². The Morgan fingerprint density at radius 1 is 0.290 bits per heavy atom. The molecule has 1 aliphatic heterocycles. The van der Waals surface area contributed by atoms with E-state index in [1.165, 1.54) is 22.3 Å². The Bertz CT molecular complexity index is 3270. The van der Waals surface area contributed by atoms with E-state index < -0.39 is 5.41 Å². The van der Waals surface area contributed by atoms with Gasteiger partial charge in [0.25, 0.3) is 0 Å². The van der Waals surface area contributed by atoms with Crippen LogP contribution in [0.1, 0.15) is 22.3 Å². The predicted molar refractivity (Wildman–Crippen MR) is 248 cm³/mol. The van der Waals surface area contributed by atoms with Crippen LogP contribution in [0, 0.1) is 0 Å². The summed E-state index contributed by atoms with van der Waals surface area (Å²) in [4.78, 5) is 20.8. The van der Waals surface area contributed by atoms with E-state index in [2.05, 4.69) is 152 Å². The lowest BCUT2D eigenvalue weighted by molar-refractivity contribution is 0.436. The van der Waals surface area contributed by atoms with Crippen LogP contribution in [-0.4, -0.2) is 19.9 Å². The number of nitrogens with zero attached hydrogens (tertiary/aromatic N) is 4. The quantitative estimate of drug-likeness (QED) is 0.168. The second-order valence-corrected chi connectivity index (χ2v) is 15.7. The molecule has 0 radical (unpaired) electrons. The van der Waals surface area contributed by atoms with Crippen molar-refractivity contribution in [2.45, 2.75) is 5.41 Å². The molecule has 2 aliphatic rings. The van der Waals surface area contributed by atoms with Crippen molar-refractivity contribution >= 4 is 0 Å². The summed E-state index contributed by atoms with van der Waals surface area (Å²) in [5.74, 6) is 3.53. The van der Waals surface area contributed by atoms with Gasteiger partial charge in [-0.1, -0.05) is 194 Å². The summed E-state index contributed by atoms with van der Waals surface area (Å²) in [7, 11) is 0. The first-order valence-corrected chi connectivity index (χ1v) is 20.9. The molecule has 8 aromatic carbocycles. The molecule has 2 aromatic heterocycles. The minimum absolute atomic E-state index is 0.599. The van der Waals surface area contributed by atoms with Gasteiger partial charge in [0.15, 0.2) is 17.5 Å². The molecule has 62 heavy (non-hydrogen) atoms. The Morgan fingerprint density at radius 3 is 1.39 bits per heavy atom. The van der Waals surface area contributed by atoms with Crippen molar-refractivity contribution in [2.75, 3.05) is 0 Å². The maximum absolute atomic E-state index is 6.59. The lowest BCUT2D eigenvalue weighted by atomic mass is 9.66. The van der Waals surface area contributed by atoms with Gasteiger partial charge in [-0.15, -0.1) is 0 Å². The van der Waals surface area contributed by atoms with Gasteiger partial charge in [0.05, 0.1) is 16.8 Å². The number of fused-ring (bicyclic) bond motifs is 9. The summed E-state index contributed by atoms with van der Waals surface area (Å²) >= 11 is 0. The molecule has 0 atom stereocenters. The molecular formula is C57H36N4O. The van der Waals surface area contributed by atoms with Gasteiger partial charge in [-0.2, -0.15) is 0 Å². The zero-order valence-corrected chi connectivity index (χ0v) is 33.5. The molecule has 0 bridgehead atoms. The fourth-order valence-electron chi connectivity index (χ4n) is 9.42. The van der Waals surface area contributed by atoms with Crippen molar-refractivity contribution in [3.8, 4) is 90.4 Å². The fourth-order valence-corrected chi connectivity index (χ4v) is 9.42. The largest absolute Gasteiger partial charge is 0.457 e. The Hall–Kier alpha value is -8.28. The third-order valence-electron chi connectivity index (χ3n) is 12.2. The zero-order chi connectivity index (χ0) is 41.0. The van der Waals surface area contributed by atoms with Crippen LogP contribution < -0.4 is 4.74 Å². The lowest BCUT2D eigenvalue weighted by Gasteiger charge is -2.39. The van der Waals surface area contributed by atoms with E-state index in [0.717, 1.165) is 73.0 Å². The molecule has 0 saturated heterocycles. The summed E-state index contributed by atoms with van der Waals surface area (Å²) < 4.78 is 6.59. The highest BCUT2D eigenvalue weighted by Gasteiger charge is 2.51. The van der Waals surface area contributed by atoms with Crippen LogP contribution in [0.2, 0.25) is 0 Å². The van der Waals surface area contributed by atoms with Crippen molar-refractivity contribution in [3.63, 3.8) is 0 Å². The second kappa shape index (κ2) is 14.5. The fraction of sp³-hybridized carbons (Fsp3) is 0.0175. The summed E-state index contributed by atoms with van der Waals surface area (Å²) in [5.41, 5.74) is 15.3. The Kier molecular flexibility index (Phi) is 8.32. The van der Waals surface area contributed by atoms with Gasteiger partial charge in [0.1, 0.15) is 11.5 Å². The van der Waals surface area contributed by atoms with Crippen molar-refractivity contribution in [1.29, 1.82) is 0 Å². The first kappa shape index (κ1) is 35.6. The highest BCUT2D eigenvalue weighted by Crippen LogP contribution is 2.62. The van der Waals surface area contributed by atoms with Gasteiger partial charge in [-0.05, 0) is 52.1 Å². The minimum atomic E-state index is -0.603. The normalized spacial score (nSPS) is 12.8. The van der Waals surface area contributed by atoms with Crippen LogP contribution in [0.3, 0.4) is 0 Å². The van der Waals surface area contributed by atoms with E-state index in [0.29, 0.717) is 17.5 Å². The van der Waals surface area contributed by atoms with Crippen molar-refractivity contribution < 1.29 is 4.74 Å². The van der Waals surface area contributed by atoms with E-state index in [1.54, 1.807) is 0 Å². The van der Waals surface area contributed by atoms with Crippen LogP contribution >= 0.6 is 0 Å². The maximum Gasteiger partial charge on any atom is 0.164 e. The van der Waals surface area contributed by atoms with Crippen LogP contribution in [0.25, 0.3) is 78.9 Å². The van der Waals surface area contributed by atoms with Gasteiger partial charge in [0.2, 0.25) is 0 Å². The van der Waals surface area contributed by atoms with Gasteiger partial charge < -0.3 is 4.74 Å². The molecule has 0 saturated carbocycles. The average Bonchev–Trinajstić information content (AvgIpc) is 3.64. The summed E-state index contributed by atoms with van der Waals surface area (Å²) in [6, 6.07) is 75.9. The van der Waals surface area contributed by atoms with E-state index >= 15 is 0 Å². The molecule has 290 valence electrons. The van der Waals surface area contributed by atoms with E-state index in [-0.39, 0.29) is 0 Å². The molecule has 1 spiro atoms. The molecule has 0 N–H and O–H groups in total. The van der Waals surface area contributed by atoms with E-state index in [9.17, 15) is 0 Å². The SMILES string of the molecule is c1ccc(-c2ccc(-c3ccc(-c4nc(-c5ccccc5)nc(-c5ccc6c(c5)C5(c7ccccc7Oc7ccccc75)c5ccccc5-6)n4)cc3)c(-c3ccccc3)n2)cc1. The molecule has 12 rings (SSSR count). The Labute approximate surface area is 359 Å². The number of pyridine rings is 1. The standard InChI is InChI=1S/C57H36N4O/c1-4-16-38(17-5-1)50-35-34-43(53(58-50)39-18-6-2-7-19-39)37-28-30-41(31-29-37)55-59-54(40-20-8-3-9-21-40)60-56(61-55)42-32-33-45-44-22-10-11-23-46(44)57(49(45)36-42)47-24-12-14-26-51(47)62-52-27-15-13-25-48(52)57/h1-36H. The van der Waals surface area contributed by atoms with Crippen LogP contribution in [0.4, 0.5) is 0 Å². The van der Waals surface area contributed by atoms with Gasteiger partial charge in [-0.25, -0.2) is 19.9 Å². The van der Waals surface area contributed by atoms with Crippen LogP contribution in [-0.2, 0) is 5.41 Å². The maximum atomic E-state index is 6.59. The summed E-state index contributed by atoms with van der Waals surface area (Å²) in [6.07, 6.45) is 0. The zero-order valence-electron chi connectivity index (χ0n) is 33.5. The molecule has 3 heterocycles. The van der Waals surface area contributed by atoms with Gasteiger partial charge in [-0.3, -0.25) is 0 Å². The third-order valence-corrected chi connectivity index (χ3v) is 12.2. The summed E-state index contributed by atoms with van der Waals surface area (Å²) in [5, 5.41) is 0. The molecule has 5 nitrogen and oxygen atoms in total. The number of aromatic nitrogens is 4. The molecule has 0 fully saturated rings. The lowest BCUT2D eigenvalue weighted by Crippen LogP contribution is -2.32. The van der Waals surface area contributed by atoms with Crippen molar-refractivity contribution in [1.82, 2.24) is 19.9 Å². The smallest absolute Gasteiger partial charge is 0.164 e. The average molecular weight is 793 g/mol. The number of benzene rings is 8. The van der Waals surface area contributed by atoms with Gasteiger partial charge >= 0.3 is 0 Å².